The highest BCUT2D eigenvalue weighted by atomic mass is 16.5. The summed E-state index contributed by atoms with van der Waals surface area (Å²) in [6.45, 7) is 3.40. The van der Waals surface area contributed by atoms with Gasteiger partial charge in [-0.3, -0.25) is 0 Å². The Balaban J connectivity index is 2.89. The molecule has 1 heterocycles. The molecule has 0 aromatic carbocycles. The molecule has 0 fully saturated rings. The monoisotopic (exact) mass is 233 g/mol. The summed E-state index contributed by atoms with van der Waals surface area (Å²) in [5, 5.41) is 8.58. The third-order valence-electron chi connectivity index (χ3n) is 2.38. The number of carbonyl (C=O) groups is 1. The summed E-state index contributed by atoms with van der Waals surface area (Å²) in [4.78, 5) is 17.3. The fourth-order valence-corrected chi connectivity index (χ4v) is 1.49. The molecule has 0 atom stereocenters. The van der Waals surface area contributed by atoms with Crippen LogP contribution in [-0.4, -0.2) is 31.2 Å². The highest BCUT2D eigenvalue weighted by Gasteiger charge is 2.10. The molecule has 0 N–H and O–H groups in total. The number of nitrogens with zero attached hydrogens (tertiary/aromatic N) is 3. The lowest BCUT2D eigenvalue weighted by atomic mass is 10.2. The van der Waals surface area contributed by atoms with Gasteiger partial charge in [-0.15, -0.1) is 0 Å². The van der Waals surface area contributed by atoms with Crippen molar-refractivity contribution >= 4 is 11.7 Å². The Morgan fingerprint density at radius 2 is 2.41 bits per heavy atom. The van der Waals surface area contributed by atoms with Gasteiger partial charge in [-0.05, 0) is 19.1 Å². The van der Waals surface area contributed by atoms with Gasteiger partial charge in [-0.2, -0.15) is 5.26 Å². The quantitative estimate of drug-likeness (QED) is 0.723. The van der Waals surface area contributed by atoms with Crippen LogP contribution in [0.15, 0.2) is 18.3 Å². The van der Waals surface area contributed by atoms with Gasteiger partial charge in [-0.25, -0.2) is 9.78 Å². The topological polar surface area (TPSA) is 66.2 Å². The van der Waals surface area contributed by atoms with E-state index >= 15 is 0 Å². The van der Waals surface area contributed by atoms with Crippen LogP contribution in [0, 0.1) is 11.3 Å². The number of pyridine rings is 1. The van der Waals surface area contributed by atoms with Crippen molar-refractivity contribution in [3.05, 3.63) is 24.0 Å². The molecule has 1 rings (SSSR count). The average Bonchev–Trinajstić information content (AvgIpc) is 2.39. The van der Waals surface area contributed by atoms with Crippen LogP contribution in [0.2, 0.25) is 0 Å². The maximum Gasteiger partial charge on any atom is 0.356 e. The first-order chi connectivity index (χ1) is 8.22. The summed E-state index contributed by atoms with van der Waals surface area (Å²) in [5.41, 5.74) is 1.15. The number of aromatic nitrogens is 1. The van der Waals surface area contributed by atoms with Crippen molar-refractivity contribution in [2.45, 2.75) is 13.3 Å². The van der Waals surface area contributed by atoms with E-state index in [2.05, 4.69) is 15.8 Å². The standard InChI is InChI=1S/C12H15N3O2/c1-3-15(8-4-6-13)10-5-7-14-11(9-10)12(16)17-2/h5,7,9H,3-4,8H2,1-2H3. The molecular weight excluding hydrogens is 218 g/mol. The van der Waals surface area contributed by atoms with E-state index in [0.717, 1.165) is 12.2 Å². The fraction of sp³-hybridized carbons (Fsp3) is 0.417. The molecule has 0 unspecified atom stereocenters. The van der Waals surface area contributed by atoms with Gasteiger partial charge in [0.15, 0.2) is 0 Å². The fourth-order valence-electron chi connectivity index (χ4n) is 1.49. The van der Waals surface area contributed by atoms with Crippen molar-refractivity contribution < 1.29 is 9.53 Å². The lowest BCUT2D eigenvalue weighted by Gasteiger charge is -2.21. The van der Waals surface area contributed by atoms with E-state index in [1.807, 2.05) is 17.9 Å². The summed E-state index contributed by atoms with van der Waals surface area (Å²) < 4.78 is 4.61. The Morgan fingerprint density at radius 1 is 1.65 bits per heavy atom. The first-order valence-corrected chi connectivity index (χ1v) is 5.39. The number of hydrogen-bond donors (Lipinski definition) is 0. The normalized spacial score (nSPS) is 9.47. The maximum absolute atomic E-state index is 11.3. The number of carbonyl (C=O) groups excluding carboxylic acids is 1. The minimum absolute atomic E-state index is 0.278. The third-order valence-corrected chi connectivity index (χ3v) is 2.38. The maximum atomic E-state index is 11.3. The van der Waals surface area contributed by atoms with Crippen molar-refractivity contribution in [3.63, 3.8) is 0 Å². The molecule has 1 aromatic rings. The number of hydrogen-bond acceptors (Lipinski definition) is 5. The Labute approximate surface area is 101 Å². The van der Waals surface area contributed by atoms with Crippen LogP contribution in [0.1, 0.15) is 23.8 Å². The van der Waals surface area contributed by atoms with Crippen LogP contribution in [0.25, 0.3) is 0 Å². The average molecular weight is 233 g/mol. The van der Waals surface area contributed by atoms with Crippen LogP contribution in [0.5, 0.6) is 0 Å². The van der Waals surface area contributed by atoms with E-state index in [1.54, 1.807) is 12.3 Å². The molecule has 5 nitrogen and oxygen atoms in total. The van der Waals surface area contributed by atoms with Gasteiger partial charge in [0.25, 0.3) is 0 Å². The molecule has 0 spiro atoms. The Morgan fingerprint density at radius 3 is 3.00 bits per heavy atom. The van der Waals surface area contributed by atoms with Crippen molar-refractivity contribution in [3.8, 4) is 6.07 Å². The molecule has 90 valence electrons. The van der Waals surface area contributed by atoms with Crippen molar-refractivity contribution in [2.24, 2.45) is 0 Å². The lowest BCUT2D eigenvalue weighted by molar-refractivity contribution is 0.0594. The molecule has 17 heavy (non-hydrogen) atoms. The molecule has 0 saturated heterocycles. The first-order valence-electron chi connectivity index (χ1n) is 5.39. The number of esters is 1. The summed E-state index contributed by atoms with van der Waals surface area (Å²) in [5.74, 6) is -0.455. The van der Waals surface area contributed by atoms with E-state index < -0.39 is 5.97 Å². The summed E-state index contributed by atoms with van der Waals surface area (Å²) >= 11 is 0. The number of rotatable bonds is 5. The SMILES string of the molecule is CCN(CCC#N)c1ccnc(C(=O)OC)c1. The molecule has 0 aliphatic carbocycles. The van der Waals surface area contributed by atoms with Crippen LogP contribution < -0.4 is 4.90 Å². The van der Waals surface area contributed by atoms with Gasteiger partial charge < -0.3 is 9.64 Å². The van der Waals surface area contributed by atoms with E-state index in [0.29, 0.717) is 13.0 Å². The molecular formula is C12H15N3O2. The molecule has 0 radical (unpaired) electrons. The van der Waals surface area contributed by atoms with E-state index in [-0.39, 0.29) is 5.69 Å². The Bertz CT molecular complexity index is 426. The number of methoxy groups -OCH3 is 1. The number of nitriles is 1. The van der Waals surface area contributed by atoms with E-state index in [4.69, 9.17) is 5.26 Å². The zero-order valence-corrected chi connectivity index (χ0v) is 10.0. The summed E-state index contributed by atoms with van der Waals surface area (Å²) in [7, 11) is 1.32. The Kier molecular flexibility index (Phi) is 4.95. The smallest absolute Gasteiger partial charge is 0.356 e. The highest BCUT2D eigenvalue weighted by molar-refractivity contribution is 5.88. The molecule has 5 heteroatoms. The summed E-state index contributed by atoms with van der Waals surface area (Å²) in [6.07, 6.45) is 2.01. The Hall–Kier alpha value is -2.09. The predicted octanol–water partition coefficient (Wildman–Crippen LogP) is 1.61. The molecule has 0 saturated carbocycles. The van der Waals surface area contributed by atoms with Crippen LogP contribution in [-0.2, 0) is 4.74 Å². The molecule has 0 bridgehead atoms. The largest absolute Gasteiger partial charge is 0.464 e. The molecule has 0 aliphatic rings. The zero-order chi connectivity index (χ0) is 12.7. The molecule has 0 aliphatic heterocycles. The van der Waals surface area contributed by atoms with Gasteiger partial charge in [-0.1, -0.05) is 0 Å². The van der Waals surface area contributed by atoms with Gasteiger partial charge in [0.2, 0.25) is 0 Å². The van der Waals surface area contributed by atoms with E-state index in [1.165, 1.54) is 7.11 Å². The molecule has 0 amide bonds. The zero-order valence-electron chi connectivity index (χ0n) is 10.0. The van der Waals surface area contributed by atoms with Crippen molar-refractivity contribution in [1.29, 1.82) is 5.26 Å². The summed E-state index contributed by atoms with van der Waals surface area (Å²) in [6, 6.07) is 5.59. The number of ether oxygens (including phenoxy) is 1. The first kappa shape index (κ1) is 13.0. The van der Waals surface area contributed by atoms with Gasteiger partial charge in [0.05, 0.1) is 19.6 Å². The molecule has 1 aromatic heterocycles. The van der Waals surface area contributed by atoms with Crippen LogP contribution in [0.3, 0.4) is 0 Å². The van der Waals surface area contributed by atoms with Crippen molar-refractivity contribution in [1.82, 2.24) is 4.98 Å². The predicted molar refractivity (Wildman–Crippen MR) is 63.7 cm³/mol. The number of anilines is 1. The lowest BCUT2D eigenvalue weighted by Crippen LogP contribution is -2.24. The third kappa shape index (κ3) is 3.45. The second-order valence-corrected chi connectivity index (χ2v) is 3.38. The second-order valence-electron chi connectivity index (χ2n) is 3.38. The van der Waals surface area contributed by atoms with Gasteiger partial charge in [0, 0.05) is 25.0 Å². The minimum atomic E-state index is -0.455. The van der Waals surface area contributed by atoms with Gasteiger partial charge in [0.1, 0.15) is 5.69 Å². The van der Waals surface area contributed by atoms with Crippen molar-refractivity contribution in [2.75, 3.05) is 25.1 Å². The van der Waals surface area contributed by atoms with Crippen LogP contribution >= 0.6 is 0 Å². The van der Waals surface area contributed by atoms with Crippen LogP contribution in [0.4, 0.5) is 5.69 Å². The minimum Gasteiger partial charge on any atom is -0.464 e. The van der Waals surface area contributed by atoms with Gasteiger partial charge >= 0.3 is 5.97 Å². The highest BCUT2D eigenvalue weighted by Crippen LogP contribution is 2.15. The second kappa shape index (κ2) is 6.48. The van der Waals surface area contributed by atoms with E-state index in [9.17, 15) is 4.79 Å².